The van der Waals surface area contributed by atoms with Gasteiger partial charge in [0, 0.05) is 17.0 Å². The molecule has 0 saturated carbocycles. The lowest BCUT2D eigenvalue weighted by Gasteiger charge is -2.16. The number of nitrogens with one attached hydrogen (secondary N) is 2. The van der Waals surface area contributed by atoms with E-state index in [0.29, 0.717) is 15.4 Å². The first-order valence-corrected chi connectivity index (χ1v) is 12.0. The molecule has 1 amide bonds. The average Bonchev–Trinajstić information content (AvgIpc) is 3.16. The monoisotopic (exact) mass is 427 g/mol. The Labute approximate surface area is 178 Å². The van der Waals surface area contributed by atoms with E-state index in [4.69, 9.17) is 0 Å². The Kier molecular flexibility index (Phi) is 6.06. The molecule has 1 aliphatic rings. The van der Waals surface area contributed by atoms with Gasteiger partial charge in [0.05, 0.1) is 11.1 Å². The van der Waals surface area contributed by atoms with Crippen LogP contribution < -0.4 is 10.9 Å². The summed E-state index contributed by atoms with van der Waals surface area (Å²) >= 11 is 2.74. The molecular weight excluding hydrogens is 402 g/mol. The summed E-state index contributed by atoms with van der Waals surface area (Å²) in [5.74, 6) is 0.190. The van der Waals surface area contributed by atoms with E-state index in [1.54, 1.807) is 0 Å². The maximum Gasteiger partial charge on any atom is 0.260 e. The maximum atomic E-state index is 12.8. The quantitative estimate of drug-likeness (QED) is 0.447. The number of hydrogen-bond acceptors (Lipinski definition) is 5. The number of amides is 1. The molecule has 4 rings (SSSR count). The third kappa shape index (κ3) is 4.41. The van der Waals surface area contributed by atoms with Crippen LogP contribution in [0, 0.1) is 0 Å². The van der Waals surface area contributed by atoms with Crippen molar-refractivity contribution in [2.24, 2.45) is 0 Å². The van der Waals surface area contributed by atoms with Crippen molar-refractivity contribution in [3.8, 4) is 11.1 Å². The van der Waals surface area contributed by atoms with Crippen LogP contribution in [0.2, 0.25) is 0 Å². The second-order valence-corrected chi connectivity index (χ2v) is 9.38. The zero-order chi connectivity index (χ0) is 20.4. The fourth-order valence-electron chi connectivity index (χ4n) is 3.66. The Morgan fingerprint density at radius 2 is 2.10 bits per heavy atom. The first kappa shape index (κ1) is 20.2. The van der Waals surface area contributed by atoms with Gasteiger partial charge in [-0.1, -0.05) is 36.9 Å². The molecule has 7 heteroatoms. The molecule has 5 nitrogen and oxygen atoms in total. The number of H-pyrrole nitrogens is 1. The standard InChI is InChI=1S/C22H25N3O2S2/c1-3-13(2)23-18(26)12-29-22-24-20(27)19-17(11-28-21(19)25-22)16-9-8-14-6-4-5-7-15(14)10-16/h8-11,13H,3-7,12H2,1-2H3,(H,23,26)(H,24,25,27). The number of rotatable bonds is 6. The SMILES string of the molecule is CCC(C)NC(=O)CSc1nc2scc(-c3ccc4c(c3)CCCC4)c2c(=O)[nH]1. The van der Waals surface area contributed by atoms with Crippen molar-refractivity contribution >= 4 is 39.2 Å². The second-order valence-electron chi connectivity index (χ2n) is 7.56. The Balaban J connectivity index is 1.58. The number of nitrogens with zero attached hydrogens (tertiary/aromatic N) is 1. The van der Waals surface area contributed by atoms with Gasteiger partial charge in [-0.05, 0) is 55.7 Å². The predicted octanol–water partition coefficient (Wildman–Crippen LogP) is 4.54. The summed E-state index contributed by atoms with van der Waals surface area (Å²) in [4.78, 5) is 33.0. The number of hydrogen-bond donors (Lipinski definition) is 2. The Hall–Kier alpha value is -2.12. The summed E-state index contributed by atoms with van der Waals surface area (Å²) in [7, 11) is 0. The third-order valence-electron chi connectivity index (χ3n) is 5.44. The van der Waals surface area contributed by atoms with Crippen LogP contribution in [0.15, 0.2) is 33.5 Å². The van der Waals surface area contributed by atoms with Crippen LogP contribution in [0.1, 0.15) is 44.2 Å². The van der Waals surface area contributed by atoms with Crippen molar-refractivity contribution in [1.29, 1.82) is 0 Å². The van der Waals surface area contributed by atoms with E-state index < -0.39 is 0 Å². The molecule has 1 aromatic carbocycles. The van der Waals surface area contributed by atoms with Gasteiger partial charge in [0.2, 0.25) is 5.91 Å². The van der Waals surface area contributed by atoms with Gasteiger partial charge in [-0.25, -0.2) is 4.98 Å². The molecule has 152 valence electrons. The molecule has 1 atom stereocenters. The number of aryl methyl sites for hydroxylation is 2. The summed E-state index contributed by atoms with van der Waals surface area (Å²) in [5, 5.41) is 6.07. The predicted molar refractivity (Wildman–Crippen MR) is 121 cm³/mol. The molecule has 0 fully saturated rings. The summed E-state index contributed by atoms with van der Waals surface area (Å²) < 4.78 is 0. The van der Waals surface area contributed by atoms with Crippen molar-refractivity contribution < 1.29 is 4.79 Å². The highest BCUT2D eigenvalue weighted by Gasteiger charge is 2.16. The van der Waals surface area contributed by atoms with Gasteiger partial charge in [0.1, 0.15) is 4.83 Å². The highest BCUT2D eigenvalue weighted by atomic mass is 32.2. The molecule has 1 unspecified atom stereocenters. The molecule has 2 heterocycles. The minimum absolute atomic E-state index is 0.0481. The van der Waals surface area contributed by atoms with E-state index in [1.165, 1.54) is 47.1 Å². The van der Waals surface area contributed by atoms with E-state index >= 15 is 0 Å². The first-order chi connectivity index (χ1) is 14.0. The number of fused-ring (bicyclic) bond motifs is 2. The highest BCUT2D eigenvalue weighted by Crippen LogP contribution is 2.34. The average molecular weight is 428 g/mol. The zero-order valence-electron chi connectivity index (χ0n) is 16.7. The number of thioether (sulfide) groups is 1. The molecule has 2 N–H and O–H groups in total. The minimum atomic E-state index is -0.145. The zero-order valence-corrected chi connectivity index (χ0v) is 18.3. The van der Waals surface area contributed by atoms with Crippen LogP contribution in [0.25, 0.3) is 21.3 Å². The van der Waals surface area contributed by atoms with Crippen LogP contribution in [-0.4, -0.2) is 27.7 Å². The lowest BCUT2D eigenvalue weighted by molar-refractivity contribution is -0.119. The Bertz CT molecular complexity index is 1100. The second kappa shape index (κ2) is 8.71. The van der Waals surface area contributed by atoms with E-state index in [2.05, 4.69) is 33.5 Å². The lowest BCUT2D eigenvalue weighted by Crippen LogP contribution is -2.33. The van der Waals surface area contributed by atoms with Gasteiger partial charge in [0.25, 0.3) is 5.56 Å². The van der Waals surface area contributed by atoms with Crippen LogP contribution in [0.3, 0.4) is 0 Å². The van der Waals surface area contributed by atoms with Crippen molar-refractivity contribution in [3.05, 3.63) is 45.1 Å². The normalized spacial score (nSPS) is 14.6. The van der Waals surface area contributed by atoms with Crippen LogP contribution in [0.4, 0.5) is 0 Å². The Morgan fingerprint density at radius 1 is 1.31 bits per heavy atom. The molecule has 29 heavy (non-hydrogen) atoms. The van der Waals surface area contributed by atoms with Gasteiger partial charge in [-0.2, -0.15) is 0 Å². The maximum absolute atomic E-state index is 12.8. The number of aromatic amines is 1. The van der Waals surface area contributed by atoms with Gasteiger partial charge < -0.3 is 10.3 Å². The van der Waals surface area contributed by atoms with E-state index in [0.717, 1.165) is 30.4 Å². The van der Waals surface area contributed by atoms with Crippen LogP contribution in [0.5, 0.6) is 0 Å². The number of benzene rings is 1. The molecule has 1 aliphatic carbocycles. The lowest BCUT2D eigenvalue weighted by atomic mass is 9.89. The smallest absolute Gasteiger partial charge is 0.260 e. The van der Waals surface area contributed by atoms with Crippen molar-refractivity contribution in [1.82, 2.24) is 15.3 Å². The van der Waals surface area contributed by atoms with Gasteiger partial charge in [0.15, 0.2) is 5.16 Å². The molecule has 2 aromatic heterocycles. The van der Waals surface area contributed by atoms with E-state index in [-0.39, 0.29) is 23.3 Å². The van der Waals surface area contributed by atoms with E-state index in [1.807, 2.05) is 19.2 Å². The molecule has 0 aliphatic heterocycles. The number of aromatic nitrogens is 2. The van der Waals surface area contributed by atoms with Crippen molar-refractivity contribution in [2.45, 2.75) is 57.1 Å². The topological polar surface area (TPSA) is 74.8 Å². The summed E-state index contributed by atoms with van der Waals surface area (Å²) in [6, 6.07) is 6.70. The fraction of sp³-hybridized carbons (Fsp3) is 0.409. The van der Waals surface area contributed by atoms with Gasteiger partial charge >= 0.3 is 0 Å². The van der Waals surface area contributed by atoms with Crippen molar-refractivity contribution in [3.63, 3.8) is 0 Å². The number of carbonyl (C=O) groups excluding carboxylic acids is 1. The van der Waals surface area contributed by atoms with Crippen molar-refractivity contribution in [2.75, 3.05) is 5.75 Å². The molecule has 3 aromatic rings. The fourth-order valence-corrected chi connectivity index (χ4v) is 5.34. The largest absolute Gasteiger partial charge is 0.353 e. The third-order valence-corrected chi connectivity index (χ3v) is 7.19. The van der Waals surface area contributed by atoms with E-state index in [9.17, 15) is 9.59 Å². The molecule has 0 radical (unpaired) electrons. The molecule has 0 saturated heterocycles. The number of thiophene rings is 1. The van der Waals surface area contributed by atoms with Gasteiger partial charge in [-0.15, -0.1) is 11.3 Å². The summed E-state index contributed by atoms with van der Waals surface area (Å²) in [5.41, 5.74) is 4.71. The molecular formula is C22H25N3O2S2. The van der Waals surface area contributed by atoms with Crippen LogP contribution >= 0.6 is 23.1 Å². The van der Waals surface area contributed by atoms with Gasteiger partial charge in [-0.3, -0.25) is 9.59 Å². The molecule has 0 bridgehead atoms. The van der Waals surface area contributed by atoms with Crippen LogP contribution in [-0.2, 0) is 17.6 Å². The molecule has 0 spiro atoms. The summed E-state index contributed by atoms with van der Waals surface area (Å²) in [6.07, 6.45) is 5.63. The summed E-state index contributed by atoms with van der Waals surface area (Å²) in [6.45, 7) is 4.00. The Morgan fingerprint density at radius 3 is 2.90 bits per heavy atom. The minimum Gasteiger partial charge on any atom is -0.353 e. The first-order valence-electron chi connectivity index (χ1n) is 10.1. The number of carbonyl (C=O) groups is 1. The highest BCUT2D eigenvalue weighted by molar-refractivity contribution is 7.99.